The summed E-state index contributed by atoms with van der Waals surface area (Å²) in [6, 6.07) is 0. The van der Waals surface area contributed by atoms with Crippen LogP contribution in [0.15, 0.2) is 11.6 Å². The van der Waals surface area contributed by atoms with Crippen LogP contribution in [0.4, 0.5) is 0 Å². The zero-order valence-electron chi connectivity index (χ0n) is 10.2. The van der Waals surface area contributed by atoms with Gasteiger partial charge in [-0.05, 0) is 42.9 Å². The SMILES string of the molecule is CCCCC12CC(C)=CCC1C2(C)C. The summed E-state index contributed by atoms with van der Waals surface area (Å²) >= 11 is 0. The molecular weight excluding hydrogens is 168 g/mol. The molecule has 14 heavy (non-hydrogen) atoms. The lowest BCUT2D eigenvalue weighted by Crippen LogP contribution is -2.12. The summed E-state index contributed by atoms with van der Waals surface area (Å²) in [5.74, 6) is 0.991. The zero-order chi connectivity index (χ0) is 10.4. The number of fused-ring (bicyclic) bond motifs is 1. The molecule has 0 bridgehead atoms. The fraction of sp³-hybridized carbons (Fsp3) is 0.857. The molecule has 2 unspecified atom stereocenters. The van der Waals surface area contributed by atoms with Gasteiger partial charge in [-0.1, -0.05) is 45.3 Å². The molecule has 0 aromatic rings. The molecule has 0 aromatic carbocycles. The average Bonchev–Trinajstić information content (AvgIpc) is 2.60. The molecule has 0 nitrogen and oxygen atoms in total. The molecule has 0 aromatic heterocycles. The van der Waals surface area contributed by atoms with E-state index < -0.39 is 0 Å². The Hall–Kier alpha value is -0.260. The van der Waals surface area contributed by atoms with E-state index in [0.29, 0.717) is 10.8 Å². The highest BCUT2D eigenvalue weighted by molar-refractivity contribution is 5.26. The molecule has 2 aliphatic carbocycles. The van der Waals surface area contributed by atoms with Crippen LogP contribution in [-0.4, -0.2) is 0 Å². The van der Waals surface area contributed by atoms with Crippen molar-refractivity contribution >= 4 is 0 Å². The Labute approximate surface area is 88.8 Å². The molecule has 0 saturated heterocycles. The molecule has 80 valence electrons. The van der Waals surface area contributed by atoms with Crippen molar-refractivity contribution in [2.75, 3.05) is 0 Å². The van der Waals surface area contributed by atoms with Gasteiger partial charge in [0, 0.05) is 0 Å². The smallest absolute Gasteiger partial charge is 0.0170 e. The van der Waals surface area contributed by atoms with E-state index in [0.717, 1.165) is 5.92 Å². The maximum Gasteiger partial charge on any atom is -0.0170 e. The first-order valence-corrected chi connectivity index (χ1v) is 6.20. The van der Waals surface area contributed by atoms with Crippen molar-refractivity contribution in [3.8, 4) is 0 Å². The highest BCUT2D eigenvalue weighted by atomic mass is 14.7. The summed E-state index contributed by atoms with van der Waals surface area (Å²) in [6.07, 6.45) is 9.45. The third-order valence-corrected chi connectivity index (χ3v) is 5.01. The molecule has 1 fully saturated rings. The maximum absolute atomic E-state index is 2.49. The highest BCUT2D eigenvalue weighted by Crippen LogP contribution is 2.76. The van der Waals surface area contributed by atoms with Gasteiger partial charge in [-0.2, -0.15) is 0 Å². The Bertz CT molecular complexity index is 259. The van der Waals surface area contributed by atoms with Gasteiger partial charge >= 0.3 is 0 Å². The molecule has 0 aliphatic heterocycles. The average molecular weight is 192 g/mol. The van der Waals surface area contributed by atoms with Crippen molar-refractivity contribution in [2.24, 2.45) is 16.7 Å². The number of hydrogen-bond acceptors (Lipinski definition) is 0. The molecule has 0 radical (unpaired) electrons. The van der Waals surface area contributed by atoms with Crippen LogP contribution in [0.2, 0.25) is 0 Å². The second-order valence-electron chi connectivity index (χ2n) is 6.00. The molecule has 0 spiro atoms. The number of allylic oxidation sites excluding steroid dienone is 2. The molecule has 0 amide bonds. The lowest BCUT2D eigenvalue weighted by Gasteiger charge is -2.23. The van der Waals surface area contributed by atoms with Crippen molar-refractivity contribution in [2.45, 2.75) is 59.8 Å². The lowest BCUT2D eigenvalue weighted by atomic mass is 9.82. The first-order chi connectivity index (χ1) is 6.54. The molecule has 0 N–H and O–H groups in total. The highest BCUT2D eigenvalue weighted by Gasteiger charge is 2.69. The van der Waals surface area contributed by atoms with Crippen LogP contribution >= 0.6 is 0 Å². The fourth-order valence-electron chi connectivity index (χ4n) is 3.90. The van der Waals surface area contributed by atoms with Crippen LogP contribution in [0, 0.1) is 16.7 Å². The van der Waals surface area contributed by atoms with Crippen LogP contribution in [0.1, 0.15) is 59.8 Å². The minimum Gasteiger partial charge on any atom is -0.0853 e. The maximum atomic E-state index is 2.49. The van der Waals surface area contributed by atoms with Gasteiger partial charge in [0.25, 0.3) is 0 Å². The first-order valence-electron chi connectivity index (χ1n) is 6.20. The summed E-state index contributed by atoms with van der Waals surface area (Å²) in [4.78, 5) is 0. The van der Waals surface area contributed by atoms with Crippen molar-refractivity contribution in [1.29, 1.82) is 0 Å². The van der Waals surface area contributed by atoms with Crippen LogP contribution in [0.3, 0.4) is 0 Å². The summed E-state index contributed by atoms with van der Waals surface area (Å²) in [6.45, 7) is 9.60. The lowest BCUT2D eigenvalue weighted by molar-refractivity contribution is 0.332. The second-order valence-corrected chi connectivity index (χ2v) is 6.00. The van der Waals surface area contributed by atoms with Gasteiger partial charge in [0.2, 0.25) is 0 Å². The van der Waals surface area contributed by atoms with Crippen molar-refractivity contribution < 1.29 is 0 Å². The molecule has 2 rings (SSSR count). The van der Waals surface area contributed by atoms with E-state index in [1.807, 2.05) is 0 Å². The monoisotopic (exact) mass is 192 g/mol. The number of unbranched alkanes of at least 4 members (excludes halogenated alkanes) is 1. The van der Waals surface area contributed by atoms with E-state index in [1.165, 1.54) is 32.1 Å². The van der Waals surface area contributed by atoms with E-state index in [9.17, 15) is 0 Å². The van der Waals surface area contributed by atoms with Gasteiger partial charge in [0.1, 0.15) is 0 Å². The minimum atomic E-state index is 0.621. The van der Waals surface area contributed by atoms with Gasteiger partial charge in [0.15, 0.2) is 0 Å². The Morgan fingerprint density at radius 2 is 2.14 bits per heavy atom. The normalized spacial score (nSPS) is 38.9. The van der Waals surface area contributed by atoms with Gasteiger partial charge in [-0.25, -0.2) is 0 Å². The summed E-state index contributed by atoms with van der Waals surface area (Å²) in [7, 11) is 0. The predicted octanol–water partition coefficient (Wildman–Crippen LogP) is 4.56. The molecular formula is C14H24. The van der Waals surface area contributed by atoms with Crippen molar-refractivity contribution in [3.63, 3.8) is 0 Å². The Morgan fingerprint density at radius 3 is 2.79 bits per heavy atom. The van der Waals surface area contributed by atoms with Gasteiger partial charge in [-0.3, -0.25) is 0 Å². The molecule has 2 aliphatic rings. The molecule has 1 saturated carbocycles. The quantitative estimate of drug-likeness (QED) is 0.575. The molecule has 0 heteroatoms. The number of rotatable bonds is 3. The largest absolute Gasteiger partial charge is 0.0853 e. The Balaban J connectivity index is 2.12. The molecule has 0 heterocycles. The molecule has 2 atom stereocenters. The number of hydrogen-bond donors (Lipinski definition) is 0. The van der Waals surface area contributed by atoms with Gasteiger partial charge < -0.3 is 0 Å². The van der Waals surface area contributed by atoms with E-state index in [4.69, 9.17) is 0 Å². The minimum absolute atomic E-state index is 0.621. The second kappa shape index (κ2) is 3.12. The van der Waals surface area contributed by atoms with Gasteiger partial charge in [0.05, 0.1) is 0 Å². The van der Waals surface area contributed by atoms with Crippen molar-refractivity contribution in [1.82, 2.24) is 0 Å². The van der Waals surface area contributed by atoms with Crippen LogP contribution in [-0.2, 0) is 0 Å². The van der Waals surface area contributed by atoms with Crippen LogP contribution in [0.25, 0.3) is 0 Å². The predicted molar refractivity (Wildman–Crippen MR) is 62.2 cm³/mol. The van der Waals surface area contributed by atoms with E-state index in [2.05, 4.69) is 33.8 Å². The first kappa shape index (κ1) is 10.3. The van der Waals surface area contributed by atoms with E-state index in [1.54, 1.807) is 5.57 Å². The summed E-state index contributed by atoms with van der Waals surface area (Å²) in [5, 5.41) is 0. The Morgan fingerprint density at radius 1 is 1.43 bits per heavy atom. The third kappa shape index (κ3) is 1.19. The third-order valence-electron chi connectivity index (χ3n) is 5.01. The Kier molecular flexibility index (Phi) is 2.28. The standard InChI is InChI=1S/C14H24/c1-5-6-9-14-10-11(2)7-8-12(14)13(14,3)4/h7,12H,5-6,8-10H2,1-4H3. The van der Waals surface area contributed by atoms with E-state index in [-0.39, 0.29) is 0 Å². The van der Waals surface area contributed by atoms with E-state index >= 15 is 0 Å². The van der Waals surface area contributed by atoms with Crippen LogP contribution in [0.5, 0.6) is 0 Å². The fourth-order valence-corrected chi connectivity index (χ4v) is 3.90. The van der Waals surface area contributed by atoms with Crippen LogP contribution < -0.4 is 0 Å². The van der Waals surface area contributed by atoms with Gasteiger partial charge in [-0.15, -0.1) is 0 Å². The summed E-state index contributed by atoms with van der Waals surface area (Å²) < 4.78 is 0. The van der Waals surface area contributed by atoms with Crippen molar-refractivity contribution in [3.05, 3.63) is 11.6 Å². The summed E-state index contributed by atoms with van der Waals surface area (Å²) in [5.41, 5.74) is 2.96. The topological polar surface area (TPSA) is 0 Å². The zero-order valence-corrected chi connectivity index (χ0v) is 10.2.